The molecule has 7 heteroatoms. The van der Waals surface area contributed by atoms with Crippen molar-refractivity contribution in [3.63, 3.8) is 0 Å². The van der Waals surface area contributed by atoms with Gasteiger partial charge in [-0.1, -0.05) is 77.8 Å². The molecule has 0 saturated heterocycles. The number of halogens is 2. The van der Waals surface area contributed by atoms with E-state index in [0.717, 1.165) is 5.56 Å². The van der Waals surface area contributed by atoms with Gasteiger partial charge in [0.05, 0.1) is 10.3 Å². The number of hydrogen-bond donors (Lipinski definition) is 1. The Bertz CT molecular complexity index is 1100. The van der Waals surface area contributed by atoms with Crippen LogP contribution in [0, 0.1) is 6.92 Å². The molecule has 0 amide bonds. The molecular formula is C22H19Cl2NO3S. The first-order valence-corrected chi connectivity index (χ1v) is 11.2. The van der Waals surface area contributed by atoms with Gasteiger partial charge in [-0.2, -0.15) is 4.72 Å². The quantitative estimate of drug-likeness (QED) is 0.401. The second kappa shape index (κ2) is 9.09. The van der Waals surface area contributed by atoms with E-state index in [1.165, 1.54) is 12.1 Å². The summed E-state index contributed by atoms with van der Waals surface area (Å²) < 4.78 is 28.4. The van der Waals surface area contributed by atoms with E-state index in [2.05, 4.69) is 4.72 Å². The molecule has 3 aromatic carbocycles. The lowest BCUT2D eigenvalue weighted by Crippen LogP contribution is -2.43. The molecule has 3 aromatic rings. The highest BCUT2D eigenvalue weighted by Gasteiger charge is 2.34. The lowest BCUT2D eigenvalue weighted by atomic mass is 9.98. The van der Waals surface area contributed by atoms with Crippen molar-refractivity contribution in [3.05, 3.63) is 101 Å². The van der Waals surface area contributed by atoms with Gasteiger partial charge in [0.15, 0.2) is 5.78 Å². The first-order chi connectivity index (χ1) is 13.8. The van der Waals surface area contributed by atoms with Gasteiger partial charge in [0.25, 0.3) is 0 Å². The zero-order chi connectivity index (χ0) is 21.0. The second-order valence-electron chi connectivity index (χ2n) is 6.57. The van der Waals surface area contributed by atoms with Crippen molar-refractivity contribution in [2.24, 2.45) is 0 Å². The summed E-state index contributed by atoms with van der Waals surface area (Å²) in [7, 11) is -3.99. The average Bonchev–Trinajstić information content (AvgIpc) is 2.72. The summed E-state index contributed by atoms with van der Waals surface area (Å²) in [5.41, 5.74) is 1.74. The molecule has 0 saturated carbocycles. The summed E-state index contributed by atoms with van der Waals surface area (Å²) in [5, 5.41) is -0.649. The molecule has 4 nitrogen and oxygen atoms in total. The minimum atomic E-state index is -3.99. The molecule has 29 heavy (non-hydrogen) atoms. The van der Waals surface area contributed by atoms with Crippen molar-refractivity contribution in [2.45, 2.75) is 23.2 Å². The largest absolute Gasteiger partial charge is 0.292 e. The summed E-state index contributed by atoms with van der Waals surface area (Å²) in [6, 6.07) is 20.3. The van der Waals surface area contributed by atoms with Crippen molar-refractivity contribution < 1.29 is 13.2 Å². The number of benzene rings is 3. The molecule has 0 unspecified atom stereocenters. The Hall–Kier alpha value is -2.18. The van der Waals surface area contributed by atoms with Crippen LogP contribution in [-0.2, 0) is 10.0 Å². The van der Waals surface area contributed by atoms with Crippen LogP contribution >= 0.6 is 23.2 Å². The van der Waals surface area contributed by atoms with E-state index in [9.17, 15) is 13.2 Å². The van der Waals surface area contributed by atoms with Gasteiger partial charge < -0.3 is 0 Å². The van der Waals surface area contributed by atoms with Gasteiger partial charge in [-0.3, -0.25) is 4.79 Å². The summed E-state index contributed by atoms with van der Waals surface area (Å²) >= 11 is 12.9. The number of sulfonamides is 1. The van der Waals surface area contributed by atoms with Crippen LogP contribution in [0.25, 0.3) is 0 Å². The number of alkyl halides is 1. The number of carbonyl (C=O) groups excluding carboxylic acids is 1. The van der Waals surface area contributed by atoms with E-state index in [1.807, 2.05) is 6.92 Å². The average molecular weight is 448 g/mol. The molecule has 150 valence electrons. The highest BCUT2D eigenvalue weighted by Crippen LogP contribution is 2.32. The van der Waals surface area contributed by atoms with E-state index < -0.39 is 27.2 Å². The Morgan fingerprint density at radius 2 is 1.48 bits per heavy atom. The molecule has 0 aliphatic rings. The van der Waals surface area contributed by atoms with Gasteiger partial charge in [0.2, 0.25) is 10.0 Å². The zero-order valence-electron chi connectivity index (χ0n) is 15.5. The maximum absolute atomic E-state index is 13.2. The van der Waals surface area contributed by atoms with Crippen LogP contribution in [0.1, 0.15) is 26.9 Å². The van der Waals surface area contributed by atoms with E-state index in [4.69, 9.17) is 23.2 Å². The number of carbonyl (C=O) groups is 1. The normalized spacial score (nSPS) is 13.6. The van der Waals surface area contributed by atoms with Gasteiger partial charge in [0, 0.05) is 10.6 Å². The maximum atomic E-state index is 13.2. The van der Waals surface area contributed by atoms with Gasteiger partial charge in [0.1, 0.15) is 6.04 Å². The molecule has 2 atom stereocenters. The topological polar surface area (TPSA) is 63.2 Å². The number of aryl methyl sites for hydroxylation is 1. The Morgan fingerprint density at radius 1 is 0.897 bits per heavy atom. The van der Waals surface area contributed by atoms with Crippen molar-refractivity contribution in [2.75, 3.05) is 0 Å². The number of Topliss-reactive ketones (excluding diaryl/α,β-unsaturated/α-hetero) is 1. The van der Waals surface area contributed by atoms with Gasteiger partial charge >= 0.3 is 0 Å². The minimum Gasteiger partial charge on any atom is -0.292 e. The fraction of sp³-hybridized carbons (Fsp3) is 0.136. The predicted octanol–water partition coefficient (Wildman–Crippen LogP) is 5.16. The maximum Gasteiger partial charge on any atom is 0.241 e. The van der Waals surface area contributed by atoms with E-state index in [1.54, 1.807) is 66.7 Å². The number of rotatable bonds is 7. The molecule has 0 spiro atoms. The monoisotopic (exact) mass is 447 g/mol. The third-order valence-electron chi connectivity index (χ3n) is 4.45. The summed E-state index contributed by atoms with van der Waals surface area (Å²) in [4.78, 5) is 13.2. The molecule has 0 bridgehead atoms. The molecule has 0 aliphatic carbocycles. The number of ketones is 1. The van der Waals surface area contributed by atoms with Crippen molar-refractivity contribution >= 4 is 39.0 Å². The lowest BCUT2D eigenvalue weighted by molar-refractivity contribution is 0.0951. The molecule has 0 fully saturated rings. The second-order valence-corrected chi connectivity index (χ2v) is 9.16. The van der Waals surface area contributed by atoms with E-state index in [-0.39, 0.29) is 4.90 Å². The third-order valence-corrected chi connectivity index (χ3v) is 6.74. The Labute approximate surface area is 180 Å². The van der Waals surface area contributed by atoms with Gasteiger partial charge in [-0.05, 0) is 30.7 Å². The third kappa shape index (κ3) is 5.06. The summed E-state index contributed by atoms with van der Waals surface area (Å²) in [5.74, 6) is -0.443. The highest BCUT2D eigenvalue weighted by atomic mass is 35.5. The van der Waals surface area contributed by atoms with Gasteiger partial charge in [-0.25, -0.2) is 8.42 Å². The smallest absolute Gasteiger partial charge is 0.241 e. The lowest BCUT2D eigenvalue weighted by Gasteiger charge is -2.23. The van der Waals surface area contributed by atoms with Crippen LogP contribution < -0.4 is 4.72 Å². The molecule has 0 aliphatic heterocycles. The Morgan fingerprint density at radius 3 is 2.10 bits per heavy atom. The van der Waals surface area contributed by atoms with Crippen molar-refractivity contribution in [1.82, 2.24) is 4.72 Å². The van der Waals surface area contributed by atoms with E-state index >= 15 is 0 Å². The Kier molecular flexibility index (Phi) is 6.75. The van der Waals surface area contributed by atoms with Crippen LogP contribution in [0.15, 0.2) is 83.8 Å². The molecule has 0 radical (unpaired) electrons. The number of hydrogen-bond acceptors (Lipinski definition) is 3. The van der Waals surface area contributed by atoms with Crippen LogP contribution in [0.4, 0.5) is 0 Å². The SMILES string of the molecule is Cc1ccc(S(=O)(=O)N[C@H](C(=O)c2ccccc2)[C@@H](Cl)c2ccccc2Cl)cc1. The van der Waals surface area contributed by atoms with Crippen molar-refractivity contribution in [1.29, 1.82) is 0 Å². The molecule has 0 heterocycles. The minimum absolute atomic E-state index is 0.0528. The van der Waals surface area contributed by atoms with Crippen LogP contribution in [0.2, 0.25) is 5.02 Å². The first-order valence-electron chi connectivity index (χ1n) is 8.86. The van der Waals surface area contributed by atoms with Crippen LogP contribution in [-0.4, -0.2) is 20.2 Å². The number of nitrogens with one attached hydrogen (secondary N) is 1. The molecule has 3 rings (SSSR count). The van der Waals surface area contributed by atoms with Crippen LogP contribution in [0.3, 0.4) is 0 Å². The van der Waals surface area contributed by atoms with Gasteiger partial charge in [-0.15, -0.1) is 11.6 Å². The van der Waals surface area contributed by atoms with E-state index in [0.29, 0.717) is 16.1 Å². The van der Waals surface area contributed by atoms with Crippen LogP contribution in [0.5, 0.6) is 0 Å². The summed E-state index contributed by atoms with van der Waals surface area (Å²) in [6.45, 7) is 1.86. The highest BCUT2D eigenvalue weighted by molar-refractivity contribution is 7.89. The molecule has 1 N–H and O–H groups in total. The first kappa shape index (κ1) is 21.5. The summed E-state index contributed by atoms with van der Waals surface area (Å²) in [6.07, 6.45) is 0. The fourth-order valence-electron chi connectivity index (χ4n) is 2.86. The standard InChI is InChI=1S/C22H19Cl2NO3S/c1-15-11-13-17(14-12-15)29(27,28)25-21(22(26)16-7-3-2-4-8-16)20(24)18-9-5-6-10-19(18)23/h2-14,20-21,25H,1H3/t20-,21-/m0/s1. The zero-order valence-corrected chi connectivity index (χ0v) is 17.9. The predicted molar refractivity (Wildman–Crippen MR) is 116 cm³/mol. The Balaban J connectivity index is 2.02. The fourth-order valence-corrected chi connectivity index (χ4v) is 4.82. The molecular weight excluding hydrogens is 429 g/mol. The molecule has 0 aromatic heterocycles. The van der Waals surface area contributed by atoms with Crippen molar-refractivity contribution in [3.8, 4) is 0 Å².